The third-order valence-electron chi connectivity index (χ3n) is 4.10. The van der Waals surface area contributed by atoms with Crippen LogP contribution >= 0.6 is 0 Å². The summed E-state index contributed by atoms with van der Waals surface area (Å²) < 4.78 is 0. The van der Waals surface area contributed by atoms with Crippen LogP contribution in [0.15, 0.2) is 58.7 Å². The van der Waals surface area contributed by atoms with E-state index >= 15 is 0 Å². The van der Waals surface area contributed by atoms with Gasteiger partial charge in [0.15, 0.2) is 0 Å². The molecule has 0 aromatic heterocycles. The molecule has 0 heterocycles. The van der Waals surface area contributed by atoms with E-state index in [1.54, 1.807) is 6.08 Å². The number of aldehydes is 1. The predicted molar refractivity (Wildman–Crippen MR) is 99.3 cm³/mol. The van der Waals surface area contributed by atoms with Gasteiger partial charge in [-0.2, -0.15) is 0 Å². The zero-order valence-electron chi connectivity index (χ0n) is 14.1. The zero-order valence-corrected chi connectivity index (χ0v) is 14.1. The topological polar surface area (TPSA) is 17.1 Å². The molecule has 0 fully saturated rings. The summed E-state index contributed by atoms with van der Waals surface area (Å²) >= 11 is 0. The summed E-state index contributed by atoms with van der Waals surface area (Å²) in [6, 6.07) is 0. The molecule has 22 heavy (non-hydrogen) atoms. The summed E-state index contributed by atoms with van der Waals surface area (Å²) in [4.78, 5) is 10.3. The summed E-state index contributed by atoms with van der Waals surface area (Å²) in [5.41, 5.74) is 5.48. The molecule has 116 valence electrons. The fourth-order valence-electron chi connectivity index (χ4n) is 2.80. The monoisotopic (exact) mass is 324 g/mol. The van der Waals surface area contributed by atoms with E-state index in [2.05, 4.69) is 45.9 Å². The Hall–Kier alpha value is 0.00636. The van der Waals surface area contributed by atoms with E-state index in [4.69, 9.17) is 0 Å². The minimum atomic E-state index is 0. The van der Waals surface area contributed by atoms with Crippen molar-refractivity contribution in [1.82, 2.24) is 0 Å². The van der Waals surface area contributed by atoms with E-state index in [1.165, 1.54) is 36.0 Å². The Morgan fingerprint density at radius 2 is 1.73 bits per heavy atom. The molecule has 2 heteroatoms. The molecule has 0 N–H and O–H groups in total. The van der Waals surface area contributed by atoms with Gasteiger partial charge >= 0.3 is 51.4 Å². The molecule has 0 unspecified atom stereocenters. The third kappa shape index (κ3) is 7.52. The second-order valence-electron chi connectivity index (χ2n) is 6.58. The summed E-state index contributed by atoms with van der Waals surface area (Å²) in [7, 11) is 0. The van der Waals surface area contributed by atoms with E-state index in [9.17, 15) is 4.79 Å². The first-order valence-electron chi connectivity index (χ1n) is 7.72. The Kier molecular flexibility index (Phi) is 10.7. The first kappa shape index (κ1) is 22.0. The van der Waals surface area contributed by atoms with Gasteiger partial charge in [0, 0.05) is 0 Å². The molecule has 0 bridgehead atoms. The number of rotatable bonds is 5. The van der Waals surface area contributed by atoms with Crippen LogP contribution in [0.3, 0.4) is 0 Å². The van der Waals surface area contributed by atoms with Crippen molar-refractivity contribution >= 4 is 57.7 Å². The molecule has 0 aliphatic heterocycles. The van der Waals surface area contributed by atoms with Crippen LogP contribution in [0.1, 0.15) is 53.9 Å². The summed E-state index contributed by atoms with van der Waals surface area (Å²) in [5, 5.41) is 0. The standard InChI is InChI=1S/C20H28O.K.H/c1-16(8-6-9-17(2)13-15-21)11-12-19-18(3)10-7-14-20(19,4)5;;/h6,8-9,11-13,15H,7,10,14H2,1-5H3;;/b9-6+,12-11+,16-8+,17-13+;;. The van der Waals surface area contributed by atoms with Gasteiger partial charge in [-0.15, -0.1) is 0 Å². The van der Waals surface area contributed by atoms with E-state index in [0.717, 1.165) is 11.9 Å². The van der Waals surface area contributed by atoms with Crippen LogP contribution in [0.2, 0.25) is 0 Å². The van der Waals surface area contributed by atoms with E-state index in [-0.39, 0.29) is 56.8 Å². The molecule has 0 saturated heterocycles. The third-order valence-corrected chi connectivity index (χ3v) is 4.10. The van der Waals surface area contributed by atoms with Crippen LogP contribution in [-0.2, 0) is 4.79 Å². The van der Waals surface area contributed by atoms with Crippen molar-refractivity contribution in [1.29, 1.82) is 0 Å². The molecule has 0 atom stereocenters. The Morgan fingerprint density at radius 3 is 2.32 bits per heavy atom. The molecular weight excluding hydrogens is 295 g/mol. The molecule has 1 aliphatic carbocycles. The molecule has 1 nitrogen and oxygen atoms in total. The maximum absolute atomic E-state index is 10.3. The Morgan fingerprint density at radius 1 is 1.09 bits per heavy atom. The maximum atomic E-state index is 10.3. The van der Waals surface area contributed by atoms with Gasteiger partial charge in [-0.25, -0.2) is 0 Å². The normalized spacial score (nSPS) is 19.7. The first-order chi connectivity index (χ1) is 9.86. The average Bonchev–Trinajstić information content (AvgIpc) is 2.37. The van der Waals surface area contributed by atoms with Crippen molar-refractivity contribution in [2.75, 3.05) is 0 Å². The van der Waals surface area contributed by atoms with Crippen molar-refractivity contribution in [3.63, 3.8) is 0 Å². The van der Waals surface area contributed by atoms with Gasteiger partial charge in [0.05, 0.1) is 0 Å². The number of hydrogen-bond donors (Lipinski definition) is 0. The fourth-order valence-corrected chi connectivity index (χ4v) is 2.80. The van der Waals surface area contributed by atoms with Crippen molar-refractivity contribution in [2.24, 2.45) is 5.41 Å². The quantitative estimate of drug-likeness (QED) is 0.299. The van der Waals surface area contributed by atoms with E-state index in [0.29, 0.717) is 0 Å². The van der Waals surface area contributed by atoms with E-state index in [1.807, 2.05) is 19.1 Å². The van der Waals surface area contributed by atoms with Crippen LogP contribution in [-0.4, -0.2) is 57.7 Å². The van der Waals surface area contributed by atoms with Crippen LogP contribution < -0.4 is 0 Å². The van der Waals surface area contributed by atoms with Crippen LogP contribution in [0.25, 0.3) is 0 Å². The summed E-state index contributed by atoms with van der Waals surface area (Å²) in [6.45, 7) is 10.9. The fraction of sp³-hybridized carbons (Fsp3) is 0.450. The molecule has 1 aliphatic rings. The van der Waals surface area contributed by atoms with Gasteiger partial charge in [0.25, 0.3) is 0 Å². The summed E-state index contributed by atoms with van der Waals surface area (Å²) in [6.07, 6.45) is 16.6. The predicted octanol–water partition coefficient (Wildman–Crippen LogP) is 5.07. The Bertz CT molecular complexity index is 528. The minimum absolute atomic E-state index is 0. The SMILES string of the molecule is CC1=C(/C=C/C(C)=C/C=C/C(C)=C/C=O)C(C)(C)CCC1.[KH]. The summed E-state index contributed by atoms with van der Waals surface area (Å²) in [5.74, 6) is 0. The van der Waals surface area contributed by atoms with Gasteiger partial charge < -0.3 is 0 Å². The molecule has 0 amide bonds. The molecule has 1 rings (SSSR count). The average molecular weight is 325 g/mol. The molecule has 0 saturated carbocycles. The van der Waals surface area contributed by atoms with Gasteiger partial charge in [0.1, 0.15) is 6.29 Å². The molecular formula is C20H29KO. The zero-order chi connectivity index (χ0) is 15.9. The molecule has 0 aromatic carbocycles. The number of carbonyl (C=O) groups is 1. The number of allylic oxidation sites excluding steroid dienone is 10. The van der Waals surface area contributed by atoms with Gasteiger partial charge in [-0.05, 0) is 62.7 Å². The van der Waals surface area contributed by atoms with Gasteiger partial charge in [-0.1, -0.05) is 55.4 Å². The van der Waals surface area contributed by atoms with Crippen molar-refractivity contribution in [3.8, 4) is 0 Å². The van der Waals surface area contributed by atoms with Crippen molar-refractivity contribution in [3.05, 3.63) is 58.7 Å². The van der Waals surface area contributed by atoms with Gasteiger partial charge in [0.2, 0.25) is 0 Å². The van der Waals surface area contributed by atoms with Crippen LogP contribution in [0, 0.1) is 5.41 Å². The number of carbonyl (C=O) groups excluding carboxylic acids is 1. The first-order valence-corrected chi connectivity index (χ1v) is 7.72. The molecule has 0 aromatic rings. The number of hydrogen-bond acceptors (Lipinski definition) is 1. The molecule has 0 radical (unpaired) electrons. The molecule has 0 spiro atoms. The second-order valence-corrected chi connectivity index (χ2v) is 6.58. The van der Waals surface area contributed by atoms with Gasteiger partial charge in [-0.3, -0.25) is 4.79 Å². The Labute approximate surface area is 178 Å². The Balaban J connectivity index is 0.00000441. The van der Waals surface area contributed by atoms with E-state index < -0.39 is 0 Å². The van der Waals surface area contributed by atoms with Crippen molar-refractivity contribution in [2.45, 2.75) is 53.9 Å². The van der Waals surface area contributed by atoms with Crippen molar-refractivity contribution < 1.29 is 4.79 Å². The second kappa shape index (κ2) is 10.7. The van der Waals surface area contributed by atoms with Crippen LogP contribution in [0.5, 0.6) is 0 Å². The van der Waals surface area contributed by atoms with Crippen LogP contribution in [0.4, 0.5) is 0 Å².